The molecule has 1 atom stereocenters. The molecule has 0 heterocycles. The van der Waals surface area contributed by atoms with E-state index in [2.05, 4.69) is 5.32 Å². The van der Waals surface area contributed by atoms with Crippen LogP contribution in [0.3, 0.4) is 0 Å². The average Bonchev–Trinajstić information content (AvgIpc) is 3.02. The molecule has 43 heavy (non-hydrogen) atoms. The van der Waals surface area contributed by atoms with Gasteiger partial charge >= 0.3 is 0 Å². The fourth-order valence-electron chi connectivity index (χ4n) is 4.65. The number of benzene rings is 4. The molecule has 4 aromatic rings. The number of likely N-dealkylation sites (N-methyl/N-ethyl adjacent to an activating group) is 1. The molecular formula is C33H34FN3O5S. The zero-order valence-corrected chi connectivity index (χ0v) is 25.1. The summed E-state index contributed by atoms with van der Waals surface area (Å²) in [6.45, 7) is 0.986. The molecule has 0 saturated heterocycles. The van der Waals surface area contributed by atoms with E-state index in [0.717, 1.165) is 15.4 Å². The highest BCUT2D eigenvalue weighted by Crippen LogP contribution is 2.27. The maximum atomic E-state index is 14.9. The van der Waals surface area contributed by atoms with Crippen molar-refractivity contribution in [2.24, 2.45) is 0 Å². The molecule has 0 unspecified atom stereocenters. The summed E-state index contributed by atoms with van der Waals surface area (Å²) in [6, 6.07) is 26.6. The summed E-state index contributed by atoms with van der Waals surface area (Å²) in [5.41, 5.74) is 2.14. The topological polar surface area (TPSA) is 96.0 Å². The Bertz CT molecular complexity index is 1650. The second-order valence-electron chi connectivity index (χ2n) is 9.96. The van der Waals surface area contributed by atoms with Crippen LogP contribution in [-0.4, -0.2) is 51.9 Å². The number of hydrogen-bond acceptors (Lipinski definition) is 5. The Morgan fingerprint density at radius 2 is 1.51 bits per heavy atom. The highest BCUT2D eigenvalue weighted by atomic mass is 32.2. The van der Waals surface area contributed by atoms with Crippen molar-refractivity contribution in [3.05, 3.63) is 126 Å². The molecule has 10 heteroatoms. The highest BCUT2D eigenvalue weighted by Gasteiger charge is 2.34. The summed E-state index contributed by atoms with van der Waals surface area (Å²) >= 11 is 0. The lowest BCUT2D eigenvalue weighted by atomic mass is 10.0. The summed E-state index contributed by atoms with van der Waals surface area (Å²) in [5.74, 6) is -1.21. The van der Waals surface area contributed by atoms with Crippen LogP contribution in [0.2, 0.25) is 0 Å². The zero-order valence-electron chi connectivity index (χ0n) is 24.2. The Morgan fingerprint density at radius 1 is 0.884 bits per heavy atom. The number of carbonyl (C=O) groups is 2. The third kappa shape index (κ3) is 7.58. The molecule has 0 aliphatic rings. The van der Waals surface area contributed by atoms with E-state index in [1.165, 1.54) is 61.5 Å². The number of nitrogens with one attached hydrogen (secondary N) is 1. The van der Waals surface area contributed by atoms with Crippen molar-refractivity contribution >= 4 is 27.5 Å². The summed E-state index contributed by atoms with van der Waals surface area (Å²) < 4.78 is 49.1. The Kier molecular flexibility index (Phi) is 10.2. The Hall–Kier alpha value is -4.70. The monoisotopic (exact) mass is 603 g/mol. The predicted octanol–water partition coefficient (Wildman–Crippen LogP) is 4.72. The van der Waals surface area contributed by atoms with Gasteiger partial charge in [0, 0.05) is 25.6 Å². The first-order valence-corrected chi connectivity index (χ1v) is 15.1. The molecule has 8 nitrogen and oxygen atoms in total. The number of carbonyl (C=O) groups excluding carboxylic acids is 2. The van der Waals surface area contributed by atoms with Crippen molar-refractivity contribution < 1.29 is 27.1 Å². The molecule has 0 saturated carbocycles. The molecule has 224 valence electrons. The lowest BCUT2D eigenvalue weighted by molar-refractivity contribution is -0.139. The quantitative estimate of drug-likeness (QED) is 0.253. The van der Waals surface area contributed by atoms with Gasteiger partial charge in [0.2, 0.25) is 11.8 Å². The number of aryl methyl sites for hydroxylation is 1. The number of halogens is 1. The number of amides is 2. The molecule has 0 aliphatic heterocycles. The van der Waals surface area contributed by atoms with Crippen molar-refractivity contribution in [1.29, 1.82) is 0 Å². The van der Waals surface area contributed by atoms with E-state index in [-0.39, 0.29) is 29.1 Å². The minimum Gasteiger partial charge on any atom is -0.497 e. The van der Waals surface area contributed by atoms with Crippen LogP contribution in [-0.2, 0) is 32.6 Å². The van der Waals surface area contributed by atoms with E-state index in [1.807, 2.05) is 37.3 Å². The minimum atomic E-state index is -4.26. The van der Waals surface area contributed by atoms with Crippen molar-refractivity contribution in [3.8, 4) is 5.75 Å². The molecule has 4 aromatic carbocycles. The van der Waals surface area contributed by atoms with Gasteiger partial charge < -0.3 is 15.0 Å². The molecule has 4 rings (SSSR count). The second-order valence-corrected chi connectivity index (χ2v) is 11.8. The first-order chi connectivity index (χ1) is 20.6. The molecule has 2 amide bonds. The molecular weight excluding hydrogens is 569 g/mol. The largest absolute Gasteiger partial charge is 0.497 e. The van der Waals surface area contributed by atoms with E-state index in [4.69, 9.17) is 4.74 Å². The Morgan fingerprint density at radius 3 is 2.12 bits per heavy atom. The van der Waals surface area contributed by atoms with Crippen LogP contribution >= 0.6 is 0 Å². The fourth-order valence-corrected chi connectivity index (χ4v) is 6.06. The smallest absolute Gasteiger partial charge is 0.264 e. The SMILES string of the molecule is CNC(=O)[C@@H](Cc1ccccc1)N(Cc1ccccc1F)C(=O)CN(c1ccc(C)cc1)S(=O)(=O)c1ccc(OC)cc1. The van der Waals surface area contributed by atoms with E-state index in [9.17, 15) is 22.4 Å². The van der Waals surface area contributed by atoms with Crippen LogP contribution in [0.1, 0.15) is 16.7 Å². The minimum absolute atomic E-state index is 0.0468. The van der Waals surface area contributed by atoms with Gasteiger partial charge in [-0.25, -0.2) is 12.8 Å². The van der Waals surface area contributed by atoms with Crippen LogP contribution in [0.25, 0.3) is 0 Å². The summed E-state index contributed by atoms with van der Waals surface area (Å²) in [7, 11) is -1.32. The van der Waals surface area contributed by atoms with Crippen LogP contribution in [0.5, 0.6) is 5.75 Å². The summed E-state index contributed by atoms with van der Waals surface area (Å²) in [4.78, 5) is 28.7. The first-order valence-electron chi connectivity index (χ1n) is 13.7. The normalized spacial score (nSPS) is 11.8. The van der Waals surface area contributed by atoms with E-state index in [0.29, 0.717) is 5.75 Å². The van der Waals surface area contributed by atoms with Gasteiger partial charge in [0.15, 0.2) is 0 Å². The summed E-state index contributed by atoms with van der Waals surface area (Å²) in [5, 5.41) is 2.61. The molecule has 0 fully saturated rings. The van der Waals surface area contributed by atoms with Crippen LogP contribution in [0.15, 0.2) is 108 Å². The lowest BCUT2D eigenvalue weighted by Crippen LogP contribution is -2.53. The van der Waals surface area contributed by atoms with Gasteiger partial charge in [-0.05, 0) is 55.0 Å². The Labute approximate surface area is 251 Å². The second kappa shape index (κ2) is 14.0. The van der Waals surface area contributed by atoms with Crippen molar-refractivity contribution in [1.82, 2.24) is 10.2 Å². The number of sulfonamides is 1. The standard InChI is InChI=1S/C33H34FN3O5S/c1-24-13-15-27(16-14-24)37(43(40,41)29-19-17-28(42-3)18-20-29)23-32(38)36(22-26-11-7-8-12-30(26)34)31(33(39)35-2)21-25-9-5-4-6-10-25/h4-20,31H,21-23H2,1-3H3,(H,35,39)/t31-/m1/s1. The molecule has 0 radical (unpaired) electrons. The third-order valence-electron chi connectivity index (χ3n) is 7.06. The van der Waals surface area contributed by atoms with Gasteiger partial charge in [-0.3, -0.25) is 13.9 Å². The van der Waals surface area contributed by atoms with E-state index < -0.39 is 40.2 Å². The van der Waals surface area contributed by atoms with Gasteiger partial charge in [-0.2, -0.15) is 0 Å². The number of ether oxygens (including phenoxy) is 1. The van der Waals surface area contributed by atoms with Crippen molar-refractivity contribution in [2.45, 2.75) is 30.8 Å². The van der Waals surface area contributed by atoms with Gasteiger partial charge in [-0.1, -0.05) is 66.2 Å². The predicted molar refractivity (Wildman–Crippen MR) is 164 cm³/mol. The molecule has 1 N–H and O–H groups in total. The number of methoxy groups -OCH3 is 1. The molecule has 0 bridgehead atoms. The maximum Gasteiger partial charge on any atom is 0.264 e. The highest BCUT2D eigenvalue weighted by molar-refractivity contribution is 7.92. The Balaban J connectivity index is 1.79. The number of anilines is 1. The van der Waals surface area contributed by atoms with Crippen molar-refractivity contribution in [2.75, 3.05) is 25.0 Å². The van der Waals surface area contributed by atoms with Crippen LogP contribution in [0, 0.1) is 12.7 Å². The van der Waals surface area contributed by atoms with E-state index in [1.54, 1.807) is 30.3 Å². The maximum absolute atomic E-state index is 14.9. The zero-order chi connectivity index (χ0) is 31.0. The van der Waals surface area contributed by atoms with Gasteiger partial charge in [0.1, 0.15) is 24.2 Å². The lowest BCUT2D eigenvalue weighted by Gasteiger charge is -2.33. The van der Waals surface area contributed by atoms with Crippen LogP contribution < -0.4 is 14.4 Å². The average molecular weight is 604 g/mol. The number of hydrogen-bond donors (Lipinski definition) is 1. The third-order valence-corrected chi connectivity index (χ3v) is 8.85. The molecule has 0 aliphatic carbocycles. The van der Waals surface area contributed by atoms with Gasteiger partial charge in [0.05, 0.1) is 17.7 Å². The van der Waals surface area contributed by atoms with Crippen molar-refractivity contribution in [3.63, 3.8) is 0 Å². The van der Waals surface area contributed by atoms with Gasteiger partial charge in [0.25, 0.3) is 10.0 Å². The van der Waals surface area contributed by atoms with Crippen LogP contribution in [0.4, 0.5) is 10.1 Å². The number of nitrogens with zero attached hydrogens (tertiary/aromatic N) is 2. The summed E-state index contributed by atoms with van der Waals surface area (Å²) in [6.07, 6.45) is 0.135. The van der Waals surface area contributed by atoms with Gasteiger partial charge in [-0.15, -0.1) is 0 Å². The van der Waals surface area contributed by atoms with E-state index >= 15 is 0 Å². The molecule has 0 spiro atoms. The first kappa shape index (κ1) is 31.2. The molecule has 0 aromatic heterocycles. The fraction of sp³-hybridized carbons (Fsp3) is 0.212. The number of rotatable bonds is 12.